The van der Waals surface area contributed by atoms with Crippen LogP contribution in [0.15, 0.2) is 12.4 Å². The number of aromatic nitrogens is 2. The molecule has 6 heteroatoms. The Bertz CT molecular complexity index is 398. The number of thiocarbonyl (C=S) groups is 1. The minimum absolute atomic E-state index is 0.204. The summed E-state index contributed by atoms with van der Waals surface area (Å²) < 4.78 is 5.67. The van der Waals surface area contributed by atoms with Crippen molar-refractivity contribution in [2.24, 2.45) is 5.73 Å². The van der Waals surface area contributed by atoms with Gasteiger partial charge in [-0.25, -0.2) is 9.97 Å². The van der Waals surface area contributed by atoms with Crippen molar-refractivity contribution in [1.29, 1.82) is 0 Å². The van der Waals surface area contributed by atoms with Crippen LogP contribution in [-0.4, -0.2) is 40.3 Å². The van der Waals surface area contributed by atoms with Gasteiger partial charge >= 0.3 is 0 Å². The highest BCUT2D eigenvalue weighted by Gasteiger charge is 2.23. The molecule has 2 unspecified atom stereocenters. The third kappa shape index (κ3) is 2.89. The van der Waals surface area contributed by atoms with E-state index in [0.29, 0.717) is 5.69 Å². The normalized spacial score (nSPS) is 24.7. The number of hydrogen-bond donors (Lipinski definition) is 1. The molecule has 1 aromatic rings. The first-order chi connectivity index (χ1) is 8.06. The fourth-order valence-electron chi connectivity index (χ4n) is 1.98. The highest BCUT2D eigenvalue weighted by Crippen LogP contribution is 2.17. The standard InChI is InChI=1S/C11H16N4OS/c1-7-5-15(6-8(2)16-7)10-4-13-9(3-14-10)11(12)17/h3-4,7-8H,5-6H2,1-2H3,(H2,12,17). The first kappa shape index (κ1) is 12.2. The predicted molar refractivity (Wildman–Crippen MR) is 70.1 cm³/mol. The van der Waals surface area contributed by atoms with Crippen molar-refractivity contribution >= 4 is 23.0 Å². The van der Waals surface area contributed by atoms with Gasteiger partial charge in [0, 0.05) is 13.1 Å². The molecule has 1 saturated heterocycles. The number of nitrogens with zero attached hydrogens (tertiary/aromatic N) is 3. The Hall–Kier alpha value is -1.27. The number of morpholine rings is 1. The maximum atomic E-state index is 5.67. The van der Waals surface area contributed by atoms with E-state index in [0.717, 1.165) is 18.9 Å². The fraction of sp³-hybridized carbons (Fsp3) is 0.545. The molecule has 0 amide bonds. The van der Waals surface area contributed by atoms with E-state index in [2.05, 4.69) is 28.7 Å². The zero-order valence-electron chi connectivity index (χ0n) is 9.96. The van der Waals surface area contributed by atoms with Gasteiger partial charge in [0.2, 0.25) is 0 Å². The van der Waals surface area contributed by atoms with Gasteiger partial charge in [-0.2, -0.15) is 0 Å². The Balaban J connectivity index is 2.14. The van der Waals surface area contributed by atoms with Crippen molar-refractivity contribution in [2.75, 3.05) is 18.0 Å². The lowest BCUT2D eigenvalue weighted by Crippen LogP contribution is -2.45. The maximum Gasteiger partial charge on any atom is 0.147 e. The van der Waals surface area contributed by atoms with E-state index in [4.69, 9.17) is 22.7 Å². The van der Waals surface area contributed by atoms with Crippen molar-refractivity contribution in [3.63, 3.8) is 0 Å². The molecule has 2 heterocycles. The Morgan fingerprint density at radius 1 is 1.35 bits per heavy atom. The molecule has 1 aromatic heterocycles. The van der Waals surface area contributed by atoms with Crippen molar-refractivity contribution in [2.45, 2.75) is 26.1 Å². The van der Waals surface area contributed by atoms with E-state index in [-0.39, 0.29) is 17.2 Å². The molecule has 0 aliphatic carbocycles. The number of nitrogens with two attached hydrogens (primary N) is 1. The van der Waals surface area contributed by atoms with E-state index in [9.17, 15) is 0 Å². The highest BCUT2D eigenvalue weighted by molar-refractivity contribution is 7.80. The van der Waals surface area contributed by atoms with Gasteiger partial charge in [0.25, 0.3) is 0 Å². The summed E-state index contributed by atoms with van der Waals surface area (Å²) in [6.45, 7) is 5.76. The van der Waals surface area contributed by atoms with E-state index >= 15 is 0 Å². The average molecular weight is 252 g/mol. The molecule has 2 atom stereocenters. The second-order valence-electron chi connectivity index (χ2n) is 4.29. The van der Waals surface area contributed by atoms with E-state index in [1.54, 1.807) is 12.4 Å². The van der Waals surface area contributed by atoms with E-state index in [1.807, 2.05) is 0 Å². The summed E-state index contributed by atoms with van der Waals surface area (Å²) in [7, 11) is 0. The SMILES string of the molecule is CC1CN(c2cnc(C(N)=S)cn2)CC(C)O1. The van der Waals surface area contributed by atoms with Crippen molar-refractivity contribution in [1.82, 2.24) is 9.97 Å². The monoisotopic (exact) mass is 252 g/mol. The number of rotatable bonds is 2. The zero-order valence-corrected chi connectivity index (χ0v) is 10.8. The van der Waals surface area contributed by atoms with Gasteiger partial charge in [-0.05, 0) is 13.8 Å². The lowest BCUT2D eigenvalue weighted by molar-refractivity contribution is -0.00547. The molecule has 1 fully saturated rings. The lowest BCUT2D eigenvalue weighted by Gasteiger charge is -2.35. The van der Waals surface area contributed by atoms with E-state index in [1.165, 1.54) is 0 Å². The van der Waals surface area contributed by atoms with Crippen LogP contribution in [0.1, 0.15) is 19.5 Å². The second-order valence-corrected chi connectivity index (χ2v) is 4.73. The van der Waals surface area contributed by atoms with Crippen molar-refractivity contribution in [3.8, 4) is 0 Å². The summed E-state index contributed by atoms with van der Waals surface area (Å²) in [5, 5.41) is 0. The summed E-state index contributed by atoms with van der Waals surface area (Å²) in [5.74, 6) is 0.840. The number of anilines is 1. The van der Waals surface area contributed by atoms with Gasteiger partial charge in [0.05, 0.1) is 24.6 Å². The molecule has 2 N–H and O–H groups in total. The molecule has 1 aliphatic heterocycles. The van der Waals surface area contributed by atoms with Crippen molar-refractivity contribution < 1.29 is 4.74 Å². The Labute approximate surface area is 106 Å². The van der Waals surface area contributed by atoms with Gasteiger partial charge in [0.15, 0.2) is 0 Å². The molecule has 0 spiro atoms. The second kappa shape index (κ2) is 4.93. The molecule has 0 radical (unpaired) electrons. The quantitative estimate of drug-likeness (QED) is 0.783. The Morgan fingerprint density at radius 2 is 2.00 bits per heavy atom. The maximum absolute atomic E-state index is 5.67. The first-order valence-electron chi connectivity index (χ1n) is 5.58. The van der Waals surface area contributed by atoms with Crippen LogP contribution in [0.5, 0.6) is 0 Å². The van der Waals surface area contributed by atoms with Crippen LogP contribution in [0.4, 0.5) is 5.82 Å². The predicted octanol–water partition coefficient (Wildman–Crippen LogP) is 0.724. The van der Waals surface area contributed by atoms with Crippen LogP contribution in [0.3, 0.4) is 0 Å². The summed E-state index contributed by atoms with van der Waals surface area (Å²) in [4.78, 5) is 11.0. The molecule has 92 valence electrons. The smallest absolute Gasteiger partial charge is 0.147 e. The molecule has 0 saturated carbocycles. The molecule has 0 bridgehead atoms. The summed E-state index contributed by atoms with van der Waals surface area (Å²) in [6.07, 6.45) is 3.73. The number of hydrogen-bond acceptors (Lipinski definition) is 5. The molecule has 1 aliphatic rings. The van der Waals surface area contributed by atoms with Crippen LogP contribution in [-0.2, 0) is 4.74 Å². The van der Waals surface area contributed by atoms with Gasteiger partial charge in [-0.3, -0.25) is 0 Å². The first-order valence-corrected chi connectivity index (χ1v) is 5.99. The van der Waals surface area contributed by atoms with Crippen LogP contribution >= 0.6 is 12.2 Å². The topological polar surface area (TPSA) is 64.3 Å². The minimum atomic E-state index is 0.204. The fourth-order valence-corrected chi connectivity index (χ4v) is 2.08. The van der Waals surface area contributed by atoms with Gasteiger partial charge in [0.1, 0.15) is 16.5 Å². The third-order valence-electron chi connectivity index (χ3n) is 2.63. The molecule has 17 heavy (non-hydrogen) atoms. The summed E-state index contributed by atoms with van der Waals surface area (Å²) >= 11 is 4.84. The molecule has 0 aromatic carbocycles. The van der Waals surface area contributed by atoms with Crippen LogP contribution in [0.2, 0.25) is 0 Å². The van der Waals surface area contributed by atoms with E-state index < -0.39 is 0 Å². The van der Waals surface area contributed by atoms with Crippen molar-refractivity contribution in [3.05, 3.63) is 18.1 Å². The van der Waals surface area contributed by atoms with Gasteiger partial charge in [-0.1, -0.05) is 12.2 Å². The number of ether oxygens (including phenoxy) is 1. The zero-order chi connectivity index (χ0) is 12.4. The third-order valence-corrected chi connectivity index (χ3v) is 2.84. The van der Waals surface area contributed by atoms with Crippen LogP contribution in [0, 0.1) is 0 Å². The largest absolute Gasteiger partial charge is 0.388 e. The summed E-state index contributed by atoms with van der Waals surface area (Å²) in [6, 6.07) is 0. The lowest BCUT2D eigenvalue weighted by atomic mass is 10.2. The minimum Gasteiger partial charge on any atom is -0.388 e. The molecular weight excluding hydrogens is 236 g/mol. The summed E-state index contributed by atoms with van der Waals surface area (Å²) in [5.41, 5.74) is 6.04. The van der Waals surface area contributed by atoms with Crippen LogP contribution < -0.4 is 10.6 Å². The average Bonchev–Trinajstić information content (AvgIpc) is 2.28. The van der Waals surface area contributed by atoms with Crippen LogP contribution in [0.25, 0.3) is 0 Å². The molecule has 2 rings (SSSR count). The van der Waals surface area contributed by atoms with Gasteiger partial charge in [-0.15, -0.1) is 0 Å². The molecule has 5 nitrogen and oxygen atoms in total. The Kier molecular flexibility index (Phi) is 3.54. The highest BCUT2D eigenvalue weighted by atomic mass is 32.1. The molecular formula is C11H16N4OS. The van der Waals surface area contributed by atoms with Gasteiger partial charge < -0.3 is 15.4 Å². The Morgan fingerprint density at radius 3 is 2.47 bits per heavy atom.